The fraction of sp³-hybridized carbons (Fsp3) is 0.500. The molecule has 0 radical (unpaired) electrons. The number of aliphatic hydroxyl groups is 1. The van der Waals surface area contributed by atoms with Crippen molar-refractivity contribution in [3.8, 4) is 0 Å². The number of hydrogen-bond donors (Lipinski definition) is 2. The molecule has 3 rings (SSSR count). The smallest absolute Gasteiger partial charge is 0.303 e. The van der Waals surface area contributed by atoms with Crippen molar-refractivity contribution in [1.82, 2.24) is 4.90 Å². The number of carboxylic acids is 1. The molecule has 1 fully saturated rings. The second-order valence-electron chi connectivity index (χ2n) is 8.86. The molecule has 0 spiro atoms. The van der Waals surface area contributed by atoms with E-state index in [4.69, 9.17) is 33.0 Å². The van der Waals surface area contributed by atoms with Gasteiger partial charge in [0.15, 0.2) is 0 Å². The largest absolute Gasteiger partial charge is 0.481 e. The Morgan fingerprint density at radius 1 is 1.24 bits per heavy atom. The van der Waals surface area contributed by atoms with E-state index in [0.717, 1.165) is 36.9 Å². The Morgan fingerprint density at radius 2 is 2.03 bits per heavy atom. The van der Waals surface area contributed by atoms with E-state index in [2.05, 4.69) is 4.90 Å². The fourth-order valence-corrected chi connectivity index (χ4v) is 4.94. The van der Waals surface area contributed by atoms with Crippen LogP contribution in [0.4, 0.5) is 4.39 Å². The molecule has 2 aromatic rings. The molecule has 0 amide bonds. The molecular formula is C26H32Cl2FNO4. The minimum absolute atomic E-state index is 0.0348. The Bertz CT molecular complexity index is 974. The first-order chi connectivity index (χ1) is 16.3. The van der Waals surface area contributed by atoms with Crippen molar-refractivity contribution in [2.75, 3.05) is 19.7 Å². The molecule has 0 aromatic heterocycles. The van der Waals surface area contributed by atoms with Gasteiger partial charge < -0.3 is 14.9 Å². The Kier molecular flexibility index (Phi) is 10.2. The van der Waals surface area contributed by atoms with Crippen LogP contribution in [0.5, 0.6) is 0 Å². The highest BCUT2D eigenvalue weighted by molar-refractivity contribution is 6.42. The highest BCUT2D eigenvalue weighted by Gasteiger charge is 2.27. The van der Waals surface area contributed by atoms with Gasteiger partial charge >= 0.3 is 5.97 Å². The molecule has 1 heterocycles. The molecule has 2 N–H and O–H groups in total. The van der Waals surface area contributed by atoms with Gasteiger partial charge in [-0.25, -0.2) is 4.39 Å². The van der Waals surface area contributed by atoms with E-state index in [9.17, 15) is 14.3 Å². The monoisotopic (exact) mass is 511 g/mol. The average molecular weight is 512 g/mol. The highest BCUT2D eigenvalue weighted by Crippen LogP contribution is 2.28. The highest BCUT2D eigenvalue weighted by atomic mass is 35.5. The van der Waals surface area contributed by atoms with Crippen molar-refractivity contribution in [3.05, 3.63) is 69.0 Å². The van der Waals surface area contributed by atoms with Gasteiger partial charge in [-0.05, 0) is 79.6 Å². The minimum atomic E-state index is -0.902. The third kappa shape index (κ3) is 7.65. The number of likely N-dealkylation sites (tertiary alicyclic amines) is 1. The number of benzene rings is 2. The van der Waals surface area contributed by atoms with E-state index in [-0.39, 0.29) is 18.8 Å². The number of aliphatic hydroxyl groups excluding tert-OH is 1. The van der Waals surface area contributed by atoms with Crippen molar-refractivity contribution >= 4 is 29.2 Å². The number of β-amino-alcohol motifs (C(OH)–C–C–N with tert-alkyl or cyclic N) is 1. The van der Waals surface area contributed by atoms with Gasteiger partial charge in [-0.1, -0.05) is 42.3 Å². The SMILES string of the molecule is CCC(OCC(O)CN1CCC[C@H]1Cc1ccc(Cl)c(Cl)c1)c1cc(F)ccc1CCC(=O)O. The lowest BCUT2D eigenvalue weighted by atomic mass is 9.97. The predicted molar refractivity (Wildman–Crippen MR) is 132 cm³/mol. The van der Waals surface area contributed by atoms with Crippen LogP contribution in [0.2, 0.25) is 10.0 Å². The standard InChI is InChI=1S/C26H32Cl2FNO4/c1-2-25(22-14-19(29)8-6-18(22)7-10-26(32)33)34-16-21(31)15-30-11-3-4-20(30)12-17-5-9-23(27)24(28)13-17/h5-6,8-9,13-14,20-21,25,31H,2-4,7,10-12,15-16H2,1H3,(H,32,33)/t20-,21?,25?/m0/s1. The van der Waals surface area contributed by atoms with E-state index in [0.29, 0.717) is 41.0 Å². The number of nitrogens with zero attached hydrogens (tertiary/aromatic N) is 1. The zero-order chi connectivity index (χ0) is 24.7. The third-order valence-electron chi connectivity index (χ3n) is 6.32. The van der Waals surface area contributed by atoms with E-state index in [1.807, 2.05) is 25.1 Å². The van der Waals surface area contributed by atoms with Gasteiger partial charge in [0.1, 0.15) is 5.82 Å². The summed E-state index contributed by atoms with van der Waals surface area (Å²) in [5, 5.41) is 20.8. The summed E-state index contributed by atoms with van der Waals surface area (Å²) >= 11 is 12.2. The second kappa shape index (κ2) is 12.8. The van der Waals surface area contributed by atoms with Crippen LogP contribution in [-0.4, -0.2) is 52.9 Å². The zero-order valence-corrected chi connectivity index (χ0v) is 20.9. The maximum absolute atomic E-state index is 13.9. The maximum Gasteiger partial charge on any atom is 0.303 e. The summed E-state index contributed by atoms with van der Waals surface area (Å²) in [6.45, 7) is 3.43. The van der Waals surface area contributed by atoms with Crippen LogP contribution in [0.1, 0.15) is 55.4 Å². The minimum Gasteiger partial charge on any atom is -0.481 e. The molecule has 0 aliphatic carbocycles. The number of carboxylic acid groups (broad SMARTS) is 1. The average Bonchev–Trinajstić information content (AvgIpc) is 3.22. The fourth-order valence-electron chi connectivity index (χ4n) is 4.62. The normalized spacial score (nSPS) is 18.2. The van der Waals surface area contributed by atoms with Gasteiger partial charge in [0.25, 0.3) is 0 Å². The second-order valence-corrected chi connectivity index (χ2v) is 9.68. The van der Waals surface area contributed by atoms with Gasteiger partial charge in [-0.2, -0.15) is 0 Å². The molecule has 3 atom stereocenters. The Labute approximate surface area is 210 Å². The molecule has 5 nitrogen and oxygen atoms in total. The third-order valence-corrected chi connectivity index (χ3v) is 7.06. The zero-order valence-electron chi connectivity index (χ0n) is 19.4. The summed E-state index contributed by atoms with van der Waals surface area (Å²) < 4.78 is 19.9. The summed E-state index contributed by atoms with van der Waals surface area (Å²) in [4.78, 5) is 13.3. The molecule has 1 aliphatic heterocycles. The Hall–Kier alpha value is -1.70. The van der Waals surface area contributed by atoms with Gasteiger partial charge in [-0.3, -0.25) is 9.69 Å². The summed E-state index contributed by atoms with van der Waals surface area (Å²) in [5.41, 5.74) is 2.52. The number of carbonyl (C=O) groups is 1. The topological polar surface area (TPSA) is 70.0 Å². The molecule has 1 saturated heterocycles. The van der Waals surface area contributed by atoms with E-state index < -0.39 is 18.2 Å². The van der Waals surface area contributed by atoms with Crippen molar-refractivity contribution in [2.45, 2.75) is 63.7 Å². The van der Waals surface area contributed by atoms with Crippen molar-refractivity contribution in [3.63, 3.8) is 0 Å². The number of aliphatic carboxylic acids is 1. The van der Waals surface area contributed by atoms with Crippen LogP contribution in [0.3, 0.4) is 0 Å². The summed E-state index contributed by atoms with van der Waals surface area (Å²) in [5.74, 6) is -1.29. The van der Waals surface area contributed by atoms with Gasteiger partial charge in [0.05, 0.1) is 28.9 Å². The lowest BCUT2D eigenvalue weighted by Crippen LogP contribution is -2.39. The maximum atomic E-state index is 13.9. The number of rotatable bonds is 12. The first-order valence-corrected chi connectivity index (χ1v) is 12.5. The number of halogens is 3. The summed E-state index contributed by atoms with van der Waals surface area (Å²) in [7, 11) is 0. The van der Waals surface area contributed by atoms with Crippen LogP contribution in [0.25, 0.3) is 0 Å². The van der Waals surface area contributed by atoms with Crippen LogP contribution in [-0.2, 0) is 22.4 Å². The Balaban J connectivity index is 1.57. The predicted octanol–water partition coefficient (Wildman–Crippen LogP) is 5.69. The lowest BCUT2D eigenvalue weighted by molar-refractivity contribution is -0.136. The van der Waals surface area contributed by atoms with Crippen molar-refractivity contribution in [2.24, 2.45) is 0 Å². The molecule has 2 aromatic carbocycles. The molecular weight excluding hydrogens is 480 g/mol. The summed E-state index contributed by atoms with van der Waals surface area (Å²) in [6, 6.07) is 10.4. The molecule has 2 unspecified atom stereocenters. The quantitative estimate of drug-likeness (QED) is 0.383. The van der Waals surface area contributed by atoms with E-state index in [1.165, 1.54) is 12.1 Å². The number of ether oxygens (including phenoxy) is 1. The van der Waals surface area contributed by atoms with E-state index >= 15 is 0 Å². The number of hydrogen-bond acceptors (Lipinski definition) is 4. The molecule has 34 heavy (non-hydrogen) atoms. The van der Waals surface area contributed by atoms with Gasteiger partial charge in [0.2, 0.25) is 0 Å². The summed E-state index contributed by atoms with van der Waals surface area (Å²) in [6.07, 6.45) is 2.68. The molecule has 1 aliphatic rings. The van der Waals surface area contributed by atoms with Crippen LogP contribution < -0.4 is 0 Å². The molecule has 0 saturated carbocycles. The van der Waals surface area contributed by atoms with Crippen LogP contribution in [0.15, 0.2) is 36.4 Å². The molecule has 186 valence electrons. The van der Waals surface area contributed by atoms with Crippen LogP contribution >= 0.6 is 23.2 Å². The molecule has 8 heteroatoms. The Morgan fingerprint density at radius 3 is 2.74 bits per heavy atom. The first-order valence-electron chi connectivity index (χ1n) is 11.7. The van der Waals surface area contributed by atoms with Crippen molar-refractivity contribution < 1.29 is 24.1 Å². The lowest BCUT2D eigenvalue weighted by Gasteiger charge is -2.28. The van der Waals surface area contributed by atoms with Crippen LogP contribution in [0, 0.1) is 5.82 Å². The van der Waals surface area contributed by atoms with Crippen molar-refractivity contribution in [1.29, 1.82) is 0 Å². The molecule has 0 bridgehead atoms. The van der Waals surface area contributed by atoms with Gasteiger partial charge in [-0.15, -0.1) is 0 Å². The number of aryl methyl sites for hydroxylation is 1. The first kappa shape index (κ1) is 26.9. The van der Waals surface area contributed by atoms with Gasteiger partial charge in [0, 0.05) is 19.0 Å². The van der Waals surface area contributed by atoms with E-state index in [1.54, 1.807) is 6.07 Å².